The second kappa shape index (κ2) is 8.85. The van der Waals surface area contributed by atoms with Gasteiger partial charge >= 0.3 is 0 Å². The highest BCUT2D eigenvalue weighted by Gasteiger charge is 2.14. The summed E-state index contributed by atoms with van der Waals surface area (Å²) in [6.07, 6.45) is 2.70. The van der Waals surface area contributed by atoms with E-state index in [9.17, 15) is 4.79 Å². The van der Waals surface area contributed by atoms with Gasteiger partial charge in [-0.1, -0.05) is 41.6 Å². The molecule has 0 aliphatic rings. The molecule has 1 amide bonds. The van der Waals surface area contributed by atoms with E-state index in [2.05, 4.69) is 50.2 Å². The molecule has 0 bridgehead atoms. The Hall–Kier alpha value is -2.91. The van der Waals surface area contributed by atoms with Gasteiger partial charge in [0.2, 0.25) is 5.91 Å². The van der Waals surface area contributed by atoms with Crippen molar-refractivity contribution in [1.29, 1.82) is 0 Å². The van der Waals surface area contributed by atoms with Crippen LogP contribution < -0.4 is 5.32 Å². The number of amides is 1. The van der Waals surface area contributed by atoms with Gasteiger partial charge in [-0.25, -0.2) is 4.98 Å². The van der Waals surface area contributed by atoms with Crippen molar-refractivity contribution in [3.63, 3.8) is 0 Å². The minimum atomic E-state index is -0.114. The molecule has 0 radical (unpaired) electrons. The molecule has 4 rings (SSSR count). The van der Waals surface area contributed by atoms with Crippen molar-refractivity contribution in [2.45, 2.75) is 18.5 Å². The summed E-state index contributed by atoms with van der Waals surface area (Å²) < 4.78 is 4.00. The Bertz CT molecular complexity index is 1160. The van der Waals surface area contributed by atoms with E-state index in [-0.39, 0.29) is 11.7 Å². The maximum absolute atomic E-state index is 12.4. The quantitative estimate of drug-likeness (QED) is 0.443. The number of hydrogen-bond donors (Lipinski definition) is 1. The lowest BCUT2D eigenvalue weighted by Gasteiger charge is -2.05. The lowest BCUT2D eigenvalue weighted by Crippen LogP contribution is -2.14. The lowest BCUT2D eigenvalue weighted by molar-refractivity contribution is -0.113. The molecule has 3 heterocycles. The number of rotatable bonds is 7. The Morgan fingerprint density at radius 1 is 1.17 bits per heavy atom. The van der Waals surface area contributed by atoms with Gasteiger partial charge in [-0.05, 0) is 19.1 Å². The van der Waals surface area contributed by atoms with Gasteiger partial charge in [0.25, 0.3) is 0 Å². The molecule has 0 unspecified atom stereocenters. The molecule has 0 fully saturated rings. The number of aromatic nitrogens is 5. The summed E-state index contributed by atoms with van der Waals surface area (Å²) in [5.41, 5.74) is 4.26. The van der Waals surface area contributed by atoms with E-state index >= 15 is 0 Å². The smallest absolute Gasteiger partial charge is 0.236 e. The Labute approximate surface area is 183 Å². The largest absolute Gasteiger partial charge is 0.354 e. The number of aryl methyl sites for hydroxylation is 2. The number of benzene rings is 1. The number of nitrogens with one attached hydrogen (secondary N) is 1. The Kier molecular flexibility index (Phi) is 6.01. The van der Waals surface area contributed by atoms with Gasteiger partial charge in [0.05, 0.1) is 11.4 Å². The molecule has 4 aromatic rings. The van der Waals surface area contributed by atoms with Crippen LogP contribution in [0.1, 0.15) is 17.1 Å². The van der Waals surface area contributed by atoms with Crippen molar-refractivity contribution in [3.05, 3.63) is 65.1 Å². The zero-order valence-corrected chi connectivity index (χ0v) is 18.6. The fourth-order valence-electron chi connectivity index (χ4n) is 2.94. The molecular formula is C21H22N6OS2. The van der Waals surface area contributed by atoms with Gasteiger partial charge in [0.1, 0.15) is 5.82 Å². The van der Waals surface area contributed by atoms with Crippen molar-refractivity contribution in [2.75, 3.05) is 11.1 Å². The SMILES string of the molecule is Cc1ccc(-c2csc(NC(=O)CSc3nnc(Cc4cccn4C)n3C)n2)cc1. The van der Waals surface area contributed by atoms with Crippen LogP contribution >= 0.6 is 23.1 Å². The summed E-state index contributed by atoms with van der Waals surface area (Å²) in [4.78, 5) is 16.9. The normalized spacial score (nSPS) is 11.0. The Balaban J connectivity index is 1.33. The van der Waals surface area contributed by atoms with Crippen LogP contribution in [0.4, 0.5) is 5.13 Å². The van der Waals surface area contributed by atoms with E-state index in [0.29, 0.717) is 16.7 Å². The molecule has 0 aliphatic carbocycles. The number of nitrogens with zero attached hydrogens (tertiary/aromatic N) is 5. The van der Waals surface area contributed by atoms with Crippen LogP contribution in [0, 0.1) is 6.92 Å². The molecule has 30 heavy (non-hydrogen) atoms. The maximum atomic E-state index is 12.4. The number of hydrogen-bond acceptors (Lipinski definition) is 6. The molecule has 1 aromatic carbocycles. The first-order valence-corrected chi connectivity index (χ1v) is 11.3. The van der Waals surface area contributed by atoms with Crippen LogP contribution in [0.25, 0.3) is 11.3 Å². The molecule has 0 aliphatic heterocycles. The highest BCUT2D eigenvalue weighted by molar-refractivity contribution is 7.99. The number of carbonyl (C=O) groups excluding carboxylic acids is 1. The summed E-state index contributed by atoms with van der Waals surface area (Å²) in [5.74, 6) is 0.995. The molecule has 0 atom stereocenters. The number of carbonyl (C=O) groups is 1. The van der Waals surface area contributed by atoms with Crippen LogP contribution in [0.2, 0.25) is 0 Å². The topological polar surface area (TPSA) is 77.6 Å². The van der Waals surface area contributed by atoms with E-state index in [1.54, 1.807) is 0 Å². The molecule has 7 nitrogen and oxygen atoms in total. The van der Waals surface area contributed by atoms with Gasteiger partial charge < -0.3 is 14.5 Å². The maximum Gasteiger partial charge on any atom is 0.236 e. The van der Waals surface area contributed by atoms with Crippen molar-refractivity contribution < 1.29 is 4.79 Å². The predicted octanol–water partition coefficient (Wildman–Crippen LogP) is 3.91. The predicted molar refractivity (Wildman–Crippen MR) is 121 cm³/mol. The van der Waals surface area contributed by atoms with Crippen molar-refractivity contribution in [1.82, 2.24) is 24.3 Å². The molecule has 9 heteroatoms. The molecule has 3 aromatic heterocycles. The van der Waals surface area contributed by atoms with Gasteiger partial charge in [-0.3, -0.25) is 4.79 Å². The zero-order valence-electron chi connectivity index (χ0n) is 17.0. The van der Waals surface area contributed by atoms with Crippen molar-refractivity contribution in [2.24, 2.45) is 14.1 Å². The molecule has 0 spiro atoms. The van der Waals surface area contributed by atoms with Crippen LogP contribution in [-0.2, 0) is 25.3 Å². The third kappa shape index (κ3) is 4.63. The van der Waals surface area contributed by atoms with Crippen LogP contribution in [0.3, 0.4) is 0 Å². The first kappa shape index (κ1) is 20.4. The first-order chi connectivity index (χ1) is 14.5. The lowest BCUT2D eigenvalue weighted by atomic mass is 10.1. The van der Waals surface area contributed by atoms with Crippen LogP contribution in [-0.4, -0.2) is 36.0 Å². The van der Waals surface area contributed by atoms with E-state index < -0.39 is 0 Å². The Morgan fingerprint density at radius 3 is 2.70 bits per heavy atom. The average molecular weight is 439 g/mol. The minimum Gasteiger partial charge on any atom is -0.354 e. The third-order valence-corrected chi connectivity index (χ3v) is 6.52. The molecule has 0 saturated heterocycles. The van der Waals surface area contributed by atoms with Gasteiger partial charge in [0, 0.05) is 43.4 Å². The van der Waals surface area contributed by atoms with Crippen LogP contribution in [0.5, 0.6) is 0 Å². The average Bonchev–Trinajstić information content (AvgIpc) is 3.44. The van der Waals surface area contributed by atoms with Gasteiger partial charge in [-0.15, -0.1) is 21.5 Å². The standard InChI is InChI=1S/C21H22N6OS2/c1-14-6-8-15(9-7-14)17-12-29-20(22-17)23-19(28)13-30-21-25-24-18(27(21)3)11-16-5-4-10-26(16)2/h4-10,12H,11,13H2,1-3H3,(H,22,23,28). The van der Waals surface area contributed by atoms with Gasteiger partial charge in [-0.2, -0.15) is 0 Å². The first-order valence-electron chi connectivity index (χ1n) is 9.43. The summed E-state index contributed by atoms with van der Waals surface area (Å²) in [6.45, 7) is 2.05. The number of thiazole rings is 1. The van der Waals surface area contributed by atoms with Crippen molar-refractivity contribution in [3.8, 4) is 11.3 Å². The van der Waals surface area contributed by atoms with E-state index in [0.717, 1.165) is 22.8 Å². The summed E-state index contributed by atoms with van der Waals surface area (Å²) >= 11 is 2.79. The van der Waals surface area contributed by atoms with Crippen molar-refractivity contribution >= 4 is 34.1 Å². The highest BCUT2D eigenvalue weighted by atomic mass is 32.2. The fraction of sp³-hybridized carbons (Fsp3) is 0.238. The highest BCUT2D eigenvalue weighted by Crippen LogP contribution is 2.25. The third-order valence-electron chi connectivity index (χ3n) is 4.75. The van der Waals surface area contributed by atoms with E-state index in [1.165, 1.54) is 28.7 Å². The van der Waals surface area contributed by atoms with Gasteiger partial charge in [0.15, 0.2) is 10.3 Å². The Morgan fingerprint density at radius 2 is 1.97 bits per heavy atom. The molecule has 154 valence electrons. The van der Waals surface area contributed by atoms with E-state index in [4.69, 9.17) is 0 Å². The monoisotopic (exact) mass is 438 g/mol. The molecule has 1 N–H and O–H groups in total. The summed E-state index contributed by atoms with van der Waals surface area (Å²) in [6, 6.07) is 12.2. The molecule has 0 saturated carbocycles. The summed E-state index contributed by atoms with van der Waals surface area (Å²) in [5, 5.41) is 14.6. The zero-order chi connectivity index (χ0) is 21.1. The second-order valence-corrected chi connectivity index (χ2v) is 8.79. The number of anilines is 1. The second-order valence-electron chi connectivity index (χ2n) is 6.99. The van der Waals surface area contributed by atoms with Crippen LogP contribution in [0.15, 0.2) is 53.1 Å². The number of thioether (sulfide) groups is 1. The minimum absolute atomic E-state index is 0.114. The van der Waals surface area contributed by atoms with E-state index in [1.807, 2.05) is 48.4 Å². The molecular weight excluding hydrogens is 416 g/mol. The fourth-order valence-corrected chi connectivity index (χ4v) is 4.41. The summed E-state index contributed by atoms with van der Waals surface area (Å²) in [7, 11) is 3.93.